The molecule has 40 heavy (non-hydrogen) atoms. The van der Waals surface area contributed by atoms with Crippen molar-refractivity contribution in [2.75, 3.05) is 4.90 Å². The maximum Gasteiger partial charge on any atom is 0.269 e. The second kappa shape index (κ2) is 11.1. The first-order chi connectivity index (χ1) is 19.5. The van der Waals surface area contributed by atoms with Crippen molar-refractivity contribution >= 4 is 52.1 Å². The van der Waals surface area contributed by atoms with E-state index in [2.05, 4.69) is 26.3 Å². The lowest BCUT2D eigenvalue weighted by Gasteiger charge is -2.29. The van der Waals surface area contributed by atoms with Crippen molar-refractivity contribution in [3.63, 3.8) is 0 Å². The molecule has 1 N–H and O–H groups in total. The smallest absolute Gasteiger partial charge is 0.269 e. The number of benzene rings is 2. The molecule has 1 fully saturated rings. The minimum absolute atomic E-state index is 0.0711. The third-order valence-corrected chi connectivity index (χ3v) is 8.09. The zero-order valence-electron chi connectivity index (χ0n) is 20.8. The van der Waals surface area contributed by atoms with E-state index in [1.807, 2.05) is 71.4 Å². The molecule has 0 radical (unpaired) electrons. The van der Waals surface area contributed by atoms with Gasteiger partial charge >= 0.3 is 0 Å². The van der Waals surface area contributed by atoms with E-state index in [1.165, 1.54) is 23.9 Å². The summed E-state index contributed by atoms with van der Waals surface area (Å²) in [4.78, 5) is 23.8. The molecule has 0 spiro atoms. The Morgan fingerprint density at radius 3 is 2.33 bits per heavy atom. The SMILES string of the molecule is O=[N+]([O-])c1ccc(Sc2ccc(N3C(=S)N[C@H](c4ccccn4)[C@H]3c3cccn3-c3ccc(Cl)cn3)cc2)cc1. The molecule has 0 aliphatic carbocycles. The number of hydrogen-bond donors (Lipinski definition) is 1. The highest BCUT2D eigenvalue weighted by Gasteiger charge is 2.42. The van der Waals surface area contributed by atoms with E-state index in [0.29, 0.717) is 10.1 Å². The molecule has 2 atom stereocenters. The molecule has 5 aromatic rings. The van der Waals surface area contributed by atoms with Crippen LogP contribution < -0.4 is 10.2 Å². The molecule has 198 valence electrons. The molecule has 3 aromatic heterocycles. The standard InChI is InChI=1S/C29H21ClN6O2S2/c30-19-6-15-26(32-18-19)34-17-3-5-25(34)28-27(24-4-1-2-16-31-24)33-29(39)35(28)20-7-11-22(12-8-20)40-23-13-9-21(10-14-23)36(37)38/h1-18,27-28H,(H,33,39)/t27-,28-/m1/s1. The molecule has 1 aliphatic heterocycles. The van der Waals surface area contributed by atoms with Crippen LogP contribution >= 0.6 is 35.6 Å². The van der Waals surface area contributed by atoms with Gasteiger partial charge in [0.15, 0.2) is 5.11 Å². The van der Waals surface area contributed by atoms with Gasteiger partial charge in [0.05, 0.1) is 21.7 Å². The monoisotopic (exact) mass is 584 g/mol. The highest BCUT2D eigenvalue weighted by atomic mass is 35.5. The van der Waals surface area contributed by atoms with Crippen LogP contribution in [0.2, 0.25) is 5.02 Å². The maximum atomic E-state index is 11.0. The summed E-state index contributed by atoms with van der Waals surface area (Å²) in [6.45, 7) is 0. The van der Waals surface area contributed by atoms with E-state index in [0.717, 1.165) is 32.7 Å². The second-order valence-electron chi connectivity index (χ2n) is 8.98. The Hall–Kier alpha value is -4.25. The predicted octanol–water partition coefficient (Wildman–Crippen LogP) is 7.16. The number of anilines is 1. The van der Waals surface area contributed by atoms with Gasteiger partial charge in [-0.3, -0.25) is 15.1 Å². The van der Waals surface area contributed by atoms with Crippen molar-refractivity contribution in [1.29, 1.82) is 0 Å². The van der Waals surface area contributed by atoms with E-state index >= 15 is 0 Å². The van der Waals surface area contributed by atoms with E-state index in [4.69, 9.17) is 23.8 Å². The third-order valence-electron chi connectivity index (χ3n) is 6.54. The predicted molar refractivity (Wildman–Crippen MR) is 160 cm³/mol. The first kappa shape index (κ1) is 26.0. The molecule has 2 aromatic carbocycles. The fraction of sp³-hybridized carbons (Fsp3) is 0.0690. The number of nitro benzene ring substituents is 1. The highest BCUT2D eigenvalue weighted by molar-refractivity contribution is 7.99. The third kappa shape index (κ3) is 5.16. The number of aromatic nitrogens is 3. The maximum absolute atomic E-state index is 11.0. The first-order valence-electron chi connectivity index (χ1n) is 12.3. The van der Waals surface area contributed by atoms with Gasteiger partial charge < -0.3 is 14.8 Å². The Bertz CT molecular complexity index is 1660. The van der Waals surface area contributed by atoms with Crippen molar-refractivity contribution in [3.8, 4) is 5.82 Å². The molecule has 1 aliphatic rings. The lowest BCUT2D eigenvalue weighted by Crippen LogP contribution is -2.30. The molecule has 0 saturated carbocycles. The van der Waals surface area contributed by atoms with Gasteiger partial charge in [0.1, 0.15) is 11.9 Å². The number of pyridine rings is 2. The first-order valence-corrected chi connectivity index (χ1v) is 13.9. The van der Waals surface area contributed by atoms with Gasteiger partial charge in [-0.05, 0) is 85.0 Å². The highest BCUT2D eigenvalue weighted by Crippen LogP contribution is 2.42. The van der Waals surface area contributed by atoms with Crippen molar-refractivity contribution in [2.45, 2.75) is 21.9 Å². The number of nitro groups is 1. The van der Waals surface area contributed by atoms with Gasteiger partial charge in [-0.25, -0.2) is 4.98 Å². The molecule has 0 unspecified atom stereocenters. The van der Waals surface area contributed by atoms with Crippen molar-refractivity contribution in [3.05, 3.63) is 136 Å². The van der Waals surface area contributed by atoms with Crippen molar-refractivity contribution in [2.24, 2.45) is 0 Å². The fourth-order valence-corrected chi connectivity index (χ4v) is 6.01. The van der Waals surface area contributed by atoms with E-state index < -0.39 is 4.92 Å². The van der Waals surface area contributed by atoms with Gasteiger partial charge in [-0.15, -0.1) is 0 Å². The molecule has 1 saturated heterocycles. The van der Waals surface area contributed by atoms with Gasteiger partial charge in [0.2, 0.25) is 0 Å². The summed E-state index contributed by atoms with van der Waals surface area (Å²) in [5.41, 5.74) is 2.86. The summed E-state index contributed by atoms with van der Waals surface area (Å²) in [5, 5.41) is 15.6. The van der Waals surface area contributed by atoms with Crippen LogP contribution in [0.15, 0.2) is 119 Å². The van der Waals surface area contributed by atoms with E-state index in [-0.39, 0.29) is 17.8 Å². The Labute approximate surface area is 244 Å². The molecule has 4 heterocycles. The summed E-state index contributed by atoms with van der Waals surface area (Å²) in [6, 6.07) is 27.8. The largest absolute Gasteiger partial charge is 0.351 e. The Balaban J connectivity index is 1.35. The summed E-state index contributed by atoms with van der Waals surface area (Å²) in [5.74, 6) is 0.747. The summed E-state index contributed by atoms with van der Waals surface area (Å²) in [6.07, 6.45) is 5.39. The number of rotatable bonds is 7. The Morgan fingerprint density at radius 2 is 1.68 bits per heavy atom. The second-order valence-corrected chi connectivity index (χ2v) is 11.0. The van der Waals surface area contributed by atoms with Crippen LogP contribution in [0.1, 0.15) is 23.5 Å². The number of nitrogens with zero attached hydrogens (tertiary/aromatic N) is 5. The number of non-ortho nitro benzene ring substituents is 1. The number of thiocarbonyl (C=S) groups is 1. The van der Waals surface area contributed by atoms with Crippen LogP contribution in [0.4, 0.5) is 11.4 Å². The molecule has 8 nitrogen and oxygen atoms in total. The summed E-state index contributed by atoms with van der Waals surface area (Å²) in [7, 11) is 0. The van der Waals surface area contributed by atoms with Crippen LogP contribution in [0.3, 0.4) is 0 Å². The van der Waals surface area contributed by atoms with Gasteiger partial charge in [0, 0.05) is 51.9 Å². The molecule has 6 rings (SSSR count). The normalized spacial score (nSPS) is 16.6. The number of halogens is 1. The average molecular weight is 585 g/mol. The number of nitrogens with one attached hydrogen (secondary N) is 1. The van der Waals surface area contributed by atoms with Gasteiger partial charge in [0.25, 0.3) is 5.69 Å². The van der Waals surface area contributed by atoms with E-state index in [1.54, 1.807) is 24.5 Å². The van der Waals surface area contributed by atoms with Crippen LogP contribution in [-0.2, 0) is 0 Å². The molecular formula is C29H21ClN6O2S2. The Kier molecular flexibility index (Phi) is 7.21. The average Bonchev–Trinajstić information content (AvgIpc) is 3.59. The topological polar surface area (TPSA) is 89.1 Å². The number of hydrogen-bond acceptors (Lipinski definition) is 6. The zero-order chi connectivity index (χ0) is 27.6. The lowest BCUT2D eigenvalue weighted by atomic mass is 10.0. The molecule has 0 bridgehead atoms. The van der Waals surface area contributed by atoms with Crippen LogP contribution in [0, 0.1) is 10.1 Å². The molecule has 11 heteroatoms. The van der Waals surface area contributed by atoms with Crippen molar-refractivity contribution in [1.82, 2.24) is 19.9 Å². The minimum atomic E-state index is -0.399. The summed E-state index contributed by atoms with van der Waals surface area (Å²) >= 11 is 13.5. The zero-order valence-corrected chi connectivity index (χ0v) is 23.2. The molecular weight excluding hydrogens is 564 g/mol. The van der Waals surface area contributed by atoms with Gasteiger partial charge in [-0.2, -0.15) is 0 Å². The quantitative estimate of drug-likeness (QED) is 0.122. The van der Waals surface area contributed by atoms with Crippen LogP contribution in [0.25, 0.3) is 5.82 Å². The lowest BCUT2D eigenvalue weighted by molar-refractivity contribution is -0.384. The summed E-state index contributed by atoms with van der Waals surface area (Å²) < 4.78 is 2.04. The Morgan fingerprint density at radius 1 is 0.925 bits per heavy atom. The van der Waals surface area contributed by atoms with Crippen LogP contribution in [0.5, 0.6) is 0 Å². The van der Waals surface area contributed by atoms with Crippen molar-refractivity contribution < 1.29 is 4.92 Å². The molecule has 0 amide bonds. The minimum Gasteiger partial charge on any atom is -0.351 e. The van der Waals surface area contributed by atoms with Gasteiger partial charge in [-0.1, -0.05) is 29.4 Å². The van der Waals surface area contributed by atoms with E-state index in [9.17, 15) is 10.1 Å². The fourth-order valence-electron chi connectivity index (χ4n) is 4.73. The van der Waals surface area contributed by atoms with Crippen LogP contribution in [-0.4, -0.2) is 24.6 Å².